The van der Waals surface area contributed by atoms with Gasteiger partial charge in [-0.15, -0.1) is 0 Å². The minimum Gasteiger partial charge on any atom is -0.275 e. The molecule has 17 heavy (non-hydrogen) atoms. The van der Waals surface area contributed by atoms with Crippen LogP contribution in [0.4, 0.5) is 11.4 Å². The Labute approximate surface area is 125 Å². The van der Waals surface area contributed by atoms with Crippen LogP contribution in [0.15, 0.2) is 60.7 Å². The van der Waals surface area contributed by atoms with Crippen molar-refractivity contribution in [3.63, 3.8) is 0 Å². The van der Waals surface area contributed by atoms with Gasteiger partial charge in [0.15, 0.2) is 0 Å². The van der Waals surface area contributed by atoms with Crippen LogP contribution in [0.5, 0.6) is 0 Å². The molecule has 0 bridgehead atoms. The second-order valence-electron chi connectivity index (χ2n) is 3.83. The Morgan fingerprint density at radius 1 is 0.647 bits per heavy atom. The molecule has 0 aliphatic carbocycles. The standard InChI is InChI=1S/C14H16N2.Na/c1-15(2)16(13-9-5-3-6-10-13)14-11-7-4-8-12-14;/h3-12H,1-2H3;. The van der Waals surface area contributed by atoms with E-state index in [1.165, 1.54) is 11.4 Å². The molecule has 0 heterocycles. The maximum Gasteiger partial charge on any atom is 0.0580 e. The molecule has 1 radical (unpaired) electrons. The van der Waals surface area contributed by atoms with E-state index in [-0.39, 0.29) is 29.6 Å². The van der Waals surface area contributed by atoms with Crippen LogP contribution in [-0.2, 0) is 0 Å². The van der Waals surface area contributed by atoms with Crippen molar-refractivity contribution in [3.05, 3.63) is 60.7 Å². The Kier molecular flexibility index (Phi) is 5.72. The van der Waals surface area contributed by atoms with Gasteiger partial charge in [-0.25, -0.2) is 5.01 Å². The van der Waals surface area contributed by atoms with E-state index in [0.717, 1.165) is 0 Å². The maximum absolute atomic E-state index is 2.17. The molecule has 83 valence electrons. The van der Waals surface area contributed by atoms with Gasteiger partial charge in [0.1, 0.15) is 0 Å². The predicted molar refractivity (Wildman–Crippen MR) is 74.5 cm³/mol. The van der Waals surface area contributed by atoms with Gasteiger partial charge < -0.3 is 0 Å². The molecule has 3 heteroatoms. The number of anilines is 2. The van der Waals surface area contributed by atoms with E-state index in [2.05, 4.69) is 58.5 Å². The summed E-state index contributed by atoms with van der Waals surface area (Å²) in [6.07, 6.45) is 0. The number of hydrogen-bond donors (Lipinski definition) is 0. The average molecular weight is 235 g/mol. The third-order valence-corrected chi connectivity index (χ3v) is 2.40. The van der Waals surface area contributed by atoms with Crippen molar-refractivity contribution in [1.82, 2.24) is 5.01 Å². The van der Waals surface area contributed by atoms with Crippen molar-refractivity contribution < 1.29 is 0 Å². The third kappa shape index (κ3) is 3.58. The number of para-hydroxylation sites is 2. The summed E-state index contributed by atoms with van der Waals surface area (Å²) in [4.78, 5) is 0. The number of benzene rings is 2. The second kappa shape index (κ2) is 6.82. The summed E-state index contributed by atoms with van der Waals surface area (Å²) in [5, 5.41) is 4.24. The minimum atomic E-state index is 0. The van der Waals surface area contributed by atoms with Gasteiger partial charge in [-0.3, -0.25) is 5.01 Å². The molecule has 0 aromatic heterocycles. The van der Waals surface area contributed by atoms with Crippen molar-refractivity contribution >= 4 is 40.9 Å². The van der Waals surface area contributed by atoms with E-state index < -0.39 is 0 Å². The van der Waals surface area contributed by atoms with Gasteiger partial charge in [0.05, 0.1) is 11.4 Å². The van der Waals surface area contributed by atoms with Gasteiger partial charge in [-0.05, 0) is 24.3 Å². The normalized spacial score (nSPS) is 9.82. The smallest absolute Gasteiger partial charge is 0.0580 e. The number of hydrazine groups is 1. The van der Waals surface area contributed by atoms with Crippen molar-refractivity contribution in [2.45, 2.75) is 0 Å². The van der Waals surface area contributed by atoms with Crippen LogP contribution in [0.2, 0.25) is 0 Å². The van der Waals surface area contributed by atoms with Crippen LogP contribution in [0.1, 0.15) is 0 Å². The second-order valence-corrected chi connectivity index (χ2v) is 3.83. The minimum absolute atomic E-state index is 0. The number of hydrogen-bond acceptors (Lipinski definition) is 2. The molecule has 2 nitrogen and oxygen atoms in total. The van der Waals surface area contributed by atoms with Crippen molar-refractivity contribution in [2.24, 2.45) is 0 Å². The topological polar surface area (TPSA) is 6.48 Å². The summed E-state index contributed by atoms with van der Waals surface area (Å²) in [6.45, 7) is 0. The molecule has 0 saturated carbocycles. The van der Waals surface area contributed by atoms with Gasteiger partial charge in [0, 0.05) is 43.7 Å². The molecule has 0 atom stereocenters. The van der Waals surface area contributed by atoms with Crippen molar-refractivity contribution in [3.8, 4) is 0 Å². The molecule has 0 spiro atoms. The molecule has 0 saturated heterocycles. The van der Waals surface area contributed by atoms with E-state index in [9.17, 15) is 0 Å². The summed E-state index contributed by atoms with van der Waals surface area (Å²) in [5.41, 5.74) is 2.33. The first-order valence-corrected chi connectivity index (χ1v) is 5.36. The molecule has 0 N–H and O–H groups in total. The van der Waals surface area contributed by atoms with E-state index >= 15 is 0 Å². The molecule has 2 rings (SSSR count). The Morgan fingerprint density at radius 2 is 1.00 bits per heavy atom. The van der Waals surface area contributed by atoms with E-state index in [0.29, 0.717) is 0 Å². The first-order valence-electron chi connectivity index (χ1n) is 5.36. The zero-order valence-corrected chi connectivity index (χ0v) is 12.7. The van der Waals surface area contributed by atoms with Crippen LogP contribution < -0.4 is 5.01 Å². The molecule has 0 amide bonds. The van der Waals surface area contributed by atoms with Crippen molar-refractivity contribution in [1.29, 1.82) is 0 Å². The van der Waals surface area contributed by atoms with Gasteiger partial charge in [0.25, 0.3) is 0 Å². The Hall–Kier alpha value is -0.800. The largest absolute Gasteiger partial charge is 0.275 e. The molecular weight excluding hydrogens is 219 g/mol. The molecule has 0 fully saturated rings. The van der Waals surface area contributed by atoms with Gasteiger partial charge in [-0.2, -0.15) is 0 Å². The van der Waals surface area contributed by atoms with Crippen LogP contribution >= 0.6 is 0 Å². The Morgan fingerprint density at radius 3 is 1.29 bits per heavy atom. The predicted octanol–water partition coefficient (Wildman–Crippen LogP) is 2.92. The molecular formula is C14H16N2Na. The van der Waals surface area contributed by atoms with E-state index in [4.69, 9.17) is 0 Å². The first kappa shape index (κ1) is 14.3. The molecule has 2 aromatic carbocycles. The first-order chi connectivity index (χ1) is 7.79. The van der Waals surface area contributed by atoms with E-state index in [1.54, 1.807) is 0 Å². The number of nitrogens with zero attached hydrogens (tertiary/aromatic N) is 2. The van der Waals surface area contributed by atoms with Crippen LogP contribution in [-0.4, -0.2) is 48.7 Å². The molecule has 0 aliphatic rings. The fourth-order valence-corrected chi connectivity index (χ4v) is 1.75. The van der Waals surface area contributed by atoms with Crippen LogP contribution in [0, 0.1) is 0 Å². The fraction of sp³-hybridized carbons (Fsp3) is 0.143. The SMILES string of the molecule is CN(C)N(c1ccccc1)c1ccccc1.[Na]. The number of rotatable bonds is 3. The molecule has 0 unspecified atom stereocenters. The molecule has 2 aromatic rings. The summed E-state index contributed by atoms with van der Waals surface area (Å²) in [7, 11) is 4.08. The Bertz CT molecular complexity index is 389. The van der Waals surface area contributed by atoms with Crippen molar-refractivity contribution in [2.75, 3.05) is 19.1 Å². The summed E-state index contributed by atoms with van der Waals surface area (Å²) in [6, 6.07) is 20.7. The van der Waals surface area contributed by atoms with Crippen LogP contribution in [0.3, 0.4) is 0 Å². The summed E-state index contributed by atoms with van der Waals surface area (Å²) >= 11 is 0. The average Bonchev–Trinajstić information content (AvgIpc) is 2.31. The van der Waals surface area contributed by atoms with E-state index in [1.807, 2.05) is 26.2 Å². The fourth-order valence-electron chi connectivity index (χ4n) is 1.75. The zero-order chi connectivity index (χ0) is 11.4. The van der Waals surface area contributed by atoms with Gasteiger partial charge >= 0.3 is 0 Å². The molecule has 0 aliphatic heterocycles. The zero-order valence-electron chi connectivity index (χ0n) is 10.7. The maximum atomic E-state index is 2.17. The quantitative estimate of drug-likeness (QED) is 0.596. The Balaban J connectivity index is 0.00000144. The van der Waals surface area contributed by atoms with Crippen LogP contribution in [0.25, 0.3) is 0 Å². The summed E-state index contributed by atoms with van der Waals surface area (Å²) < 4.78 is 0. The van der Waals surface area contributed by atoms with Gasteiger partial charge in [-0.1, -0.05) is 36.4 Å². The van der Waals surface area contributed by atoms with Gasteiger partial charge in [0.2, 0.25) is 0 Å². The third-order valence-electron chi connectivity index (χ3n) is 2.40. The summed E-state index contributed by atoms with van der Waals surface area (Å²) in [5.74, 6) is 0. The monoisotopic (exact) mass is 235 g/mol.